The van der Waals surface area contributed by atoms with Gasteiger partial charge in [-0.25, -0.2) is 4.79 Å². The summed E-state index contributed by atoms with van der Waals surface area (Å²) in [6.45, 7) is 0. The minimum absolute atomic E-state index is 0.269. The zero-order valence-electron chi connectivity index (χ0n) is 9.73. The maximum absolute atomic E-state index is 11.8. The number of benzene rings is 1. The van der Waals surface area contributed by atoms with E-state index in [1.54, 1.807) is 18.2 Å². The molecule has 0 aliphatic carbocycles. The first-order valence-electron chi connectivity index (χ1n) is 5.56. The van der Waals surface area contributed by atoms with Crippen LogP contribution in [0.2, 0.25) is 10.0 Å². The first-order chi connectivity index (χ1) is 8.97. The van der Waals surface area contributed by atoms with Crippen molar-refractivity contribution in [3.05, 3.63) is 33.8 Å². The summed E-state index contributed by atoms with van der Waals surface area (Å²) < 4.78 is 0. The number of carbonyl (C=O) groups excluding carboxylic acids is 1. The molecule has 0 aromatic heterocycles. The number of hydrogen-bond donors (Lipinski definition) is 2. The van der Waals surface area contributed by atoms with Crippen LogP contribution in [-0.2, 0) is 16.0 Å². The van der Waals surface area contributed by atoms with Gasteiger partial charge in [0.15, 0.2) is 0 Å². The Hall–Kier alpha value is -0.910. The van der Waals surface area contributed by atoms with Crippen LogP contribution in [0, 0.1) is 0 Å². The monoisotopic (exact) mass is 319 g/mol. The molecule has 1 saturated heterocycles. The molecular formula is C12H11Cl2NO3S. The van der Waals surface area contributed by atoms with Crippen LogP contribution in [0.3, 0.4) is 0 Å². The number of rotatable bonds is 3. The Labute approximate surface area is 124 Å². The maximum Gasteiger partial charge on any atom is 0.327 e. The third kappa shape index (κ3) is 3.55. The lowest BCUT2D eigenvalue weighted by Gasteiger charge is -2.26. The quantitative estimate of drug-likeness (QED) is 0.896. The van der Waals surface area contributed by atoms with Crippen LogP contribution in [0.15, 0.2) is 18.2 Å². The average Bonchev–Trinajstić information content (AvgIpc) is 2.34. The van der Waals surface area contributed by atoms with Crippen LogP contribution in [0.5, 0.6) is 0 Å². The average molecular weight is 320 g/mol. The van der Waals surface area contributed by atoms with Crippen LogP contribution in [0.4, 0.5) is 0 Å². The zero-order chi connectivity index (χ0) is 14.0. The van der Waals surface area contributed by atoms with Crippen LogP contribution < -0.4 is 5.32 Å². The molecular weight excluding hydrogens is 309 g/mol. The molecule has 0 unspecified atom stereocenters. The van der Waals surface area contributed by atoms with Crippen molar-refractivity contribution in [1.29, 1.82) is 0 Å². The number of thioether (sulfide) groups is 1. The van der Waals surface area contributed by atoms with Crippen LogP contribution in [0.1, 0.15) is 5.56 Å². The molecule has 0 bridgehead atoms. The highest BCUT2D eigenvalue weighted by Gasteiger charge is 2.32. The number of carbonyl (C=O) groups is 2. The first kappa shape index (κ1) is 14.5. The van der Waals surface area contributed by atoms with E-state index in [0.29, 0.717) is 22.2 Å². The fourth-order valence-corrected chi connectivity index (χ4v) is 3.42. The molecule has 1 fully saturated rings. The van der Waals surface area contributed by atoms with Gasteiger partial charge >= 0.3 is 5.97 Å². The van der Waals surface area contributed by atoms with Gasteiger partial charge in [-0.05, 0) is 24.1 Å². The Morgan fingerprint density at radius 2 is 2.21 bits per heavy atom. The van der Waals surface area contributed by atoms with Gasteiger partial charge in [-0.15, -0.1) is 11.8 Å². The van der Waals surface area contributed by atoms with Gasteiger partial charge in [0.25, 0.3) is 0 Å². The lowest BCUT2D eigenvalue weighted by molar-refractivity contribution is -0.141. The highest BCUT2D eigenvalue weighted by atomic mass is 35.5. The topological polar surface area (TPSA) is 66.4 Å². The Morgan fingerprint density at radius 3 is 2.79 bits per heavy atom. The molecule has 2 rings (SSSR count). The molecule has 0 radical (unpaired) electrons. The third-order valence-electron chi connectivity index (χ3n) is 2.79. The summed E-state index contributed by atoms with van der Waals surface area (Å²) in [6.07, 6.45) is 0.457. The van der Waals surface area contributed by atoms with Crippen molar-refractivity contribution in [2.24, 2.45) is 0 Å². The van der Waals surface area contributed by atoms with Crippen molar-refractivity contribution in [3.8, 4) is 0 Å². The summed E-state index contributed by atoms with van der Waals surface area (Å²) in [4.78, 5) is 22.6. The van der Waals surface area contributed by atoms with Crippen molar-refractivity contribution in [2.45, 2.75) is 17.7 Å². The van der Waals surface area contributed by atoms with Crippen LogP contribution in [-0.4, -0.2) is 34.0 Å². The number of carboxylic acids is 1. The molecule has 1 heterocycles. The molecule has 1 aromatic carbocycles. The number of carboxylic acid groups (broad SMARTS) is 1. The summed E-state index contributed by atoms with van der Waals surface area (Å²) in [5, 5.41) is 12.1. The Kier molecular flexibility index (Phi) is 4.60. The van der Waals surface area contributed by atoms with Crippen LogP contribution in [0.25, 0.3) is 0 Å². The fraction of sp³-hybridized carbons (Fsp3) is 0.333. The van der Waals surface area contributed by atoms with Gasteiger partial charge < -0.3 is 10.4 Å². The van der Waals surface area contributed by atoms with Crippen molar-refractivity contribution in [3.63, 3.8) is 0 Å². The van der Waals surface area contributed by atoms with Crippen LogP contribution >= 0.6 is 35.0 Å². The predicted molar refractivity (Wildman–Crippen MR) is 76.0 cm³/mol. The highest BCUT2D eigenvalue weighted by molar-refractivity contribution is 8.00. The van der Waals surface area contributed by atoms with Gasteiger partial charge in [0.2, 0.25) is 5.91 Å². The molecule has 2 atom stereocenters. The molecule has 1 aliphatic rings. The van der Waals surface area contributed by atoms with E-state index in [1.165, 1.54) is 11.8 Å². The van der Waals surface area contributed by atoms with E-state index in [-0.39, 0.29) is 11.2 Å². The smallest absolute Gasteiger partial charge is 0.327 e. The SMILES string of the molecule is O=C(O)[C@@H]1CS[C@@H](Cc2ccc(Cl)cc2Cl)C(=O)N1. The van der Waals surface area contributed by atoms with Gasteiger partial charge in [0, 0.05) is 15.8 Å². The molecule has 102 valence electrons. The van der Waals surface area contributed by atoms with Crippen molar-refractivity contribution in [1.82, 2.24) is 5.32 Å². The summed E-state index contributed by atoms with van der Waals surface area (Å²) in [6, 6.07) is 4.31. The van der Waals surface area contributed by atoms with E-state index in [4.69, 9.17) is 28.3 Å². The minimum Gasteiger partial charge on any atom is -0.480 e. The minimum atomic E-state index is -1.01. The lowest BCUT2D eigenvalue weighted by atomic mass is 10.1. The van der Waals surface area contributed by atoms with Gasteiger partial charge in [-0.3, -0.25) is 4.79 Å². The third-order valence-corrected chi connectivity index (χ3v) is 4.69. The maximum atomic E-state index is 11.8. The molecule has 1 amide bonds. The number of amides is 1. The van der Waals surface area contributed by atoms with E-state index >= 15 is 0 Å². The number of aliphatic carboxylic acids is 1. The van der Waals surface area contributed by atoms with Gasteiger partial charge in [-0.1, -0.05) is 29.3 Å². The molecule has 0 saturated carbocycles. The standard InChI is InChI=1S/C12H11Cl2NO3S/c13-7-2-1-6(8(14)4-7)3-10-11(16)15-9(5-19-10)12(17)18/h1-2,4,9-10H,3,5H2,(H,15,16)(H,17,18)/t9-,10-/m0/s1. The zero-order valence-corrected chi connectivity index (χ0v) is 12.1. The highest BCUT2D eigenvalue weighted by Crippen LogP contribution is 2.27. The Balaban J connectivity index is 2.04. The summed E-state index contributed by atoms with van der Waals surface area (Å²) >= 11 is 13.2. The van der Waals surface area contributed by atoms with E-state index in [0.717, 1.165) is 5.56 Å². The Bertz CT molecular complexity index is 524. The summed E-state index contributed by atoms with van der Waals surface area (Å²) in [7, 11) is 0. The van der Waals surface area contributed by atoms with Gasteiger partial charge in [0.05, 0.1) is 5.25 Å². The molecule has 1 aromatic rings. The second kappa shape index (κ2) is 6.03. The largest absolute Gasteiger partial charge is 0.480 e. The first-order valence-corrected chi connectivity index (χ1v) is 7.36. The number of nitrogens with one attached hydrogen (secondary N) is 1. The van der Waals surface area contributed by atoms with Crippen molar-refractivity contribution < 1.29 is 14.7 Å². The second-order valence-electron chi connectivity index (χ2n) is 4.16. The molecule has 7 heteroatoms. The molecule has 19 heavy (non-hydrogen) atoms. The molecule has 4 nitrogen and oxygen atoms in total. The second-order valence-corrected chi connectivity index (χ2v) is 6.24. The number of halogens is 2. The van der Waals surface area contributed by atoms with Gasteiger partial charge in [0.1, 0.15) is 6.04 Å². The molecule has 0 spiro atoms. The van der Waals surface area contributed by atoms with Crippen molar-refractivity contribution >= 4 is 46.8 Å². The normalized spacial score (nSPS) is 22.9. The molecule has 2 N–H and O–H groups in total. The van der Waals surface area contributed by atoms with E-state index in [2.05, 4.69) is 5.32 Å². The van der Waals surface area contributed by atoms with E-state index in [9.17, 15) is 9.59 Å². The van der Waals surface area contributed by atoms with Crippen molar-refractivity contribution in [2.75, 3.05) is 5.75 Å². The summed E-state index contributed by atoms with van der Waals surface area (Å²) in [5.74, 6) is -0.921. The van der Waals surface area contributed by atoms with E-state index < -0.39 is 12.0 Å². The van der Waals surface area contributed by atoms with Gasteiger partial charge in [-0.2, -0.15) is 0 Å². The Morgan fingerprint density at radius 1 is 1.47 bits per heavy atom. The summed E-state index contributed by atoms with van der Waals surface area (Å²) in [5.41, 5.74) is 0.826. The lowest BCUT2D eigenvalue weighted by Crippen LogP contribution is -2.51. The van der Waals surface area contributed by atoms with E-state index in [1.807, 2.05) is 0 Å². The fourth-order valence-electron chi connectivity index (χ4n) is 1.77. The predicted octanol–water partition coefficient (Wildman–Crippen LogP) is 2.22. The molecule has 1 aliphatic heterocycles. The number of hydrogen-bond acceptors (Lipinski definition) is 3.